The van der Waals surface area contributed by atoms with Crippen molar-refractivity contribution in [3.05, 3.63) is 77.5 Å². The number of anilines is 1. The Bertz CT molecular complexity index is 1550. The van der Waals surface area contributed by atoms with Crippen molar-refractivity contribution in [2.75, 3.05) is 24.6 Å². The van der Waals surface area contributed by atoms with Crippen molar-refractivity contribution >= 4 is 11.2 Å². The maximum Gasteiger partial charge on any atom is 0.135 e. The van der Waals surface area contributed by atoms with Crippen LogP contribution in [0, 0.1) is 28.9 Å². The van der Waals surface area contributed by atoms with Gasteiger partial charge in [0.15, 0.2) is 0 Å². The molecular formula is C31H35F2N7O2. The molecule has 9 nitrogen and oxygen atoms in total. The summed E-state index contributed by atoms with van der Waals surface area (Å²) in [4.78, 5) is 11.1. The number of hydrogen-bond acceptors (Lipinski definition) is 8. The monoisotopic (exact) mass is 575 g/mol. The van der Waals surface area contributed by atoms with Gasteiger partial charge in [-0.1, -0.05) is 6.92 Å². The lowest BCUT2D eigenvalue weighted by Crippen LogP contribution is -2.57. The van der Waals surface area contributed by atoms with Gasteiger partial charge in [-0.25, -0.2) is 18.3 Å². The molecule has 1 aliphatic rings. The average molecular weight is 576 g/mol. The molecule has 11 heteroatoms. The molecule has 3 aromatic heterocycles. The number of benzene rings is 1. The first kappa shape index (κ1) is 29.5. The van der Waals surface area contributed by atoms with Crippen LogP contribution in [-0.2, 0) is 22.5 Å². The van der Waals surface area contributed by atoms with E-state index in [1.54, 1.807) is 35.2 Å². The summed E-state index contributed by atoms with van der Waals surface area (Å²) in [7, 11) is 0. The number of nitrogens with two attached hydrogens (primary N) is 1. The number of fused-ring (bicyclic) bond motifs is 1. The maximum atomic E-state index is 15.1. The van der Waals surface area contributed by atoms with E-state index in [0.717, 1.165) is 17.8 Å². The molecule has 3 atom stereocenters. The first-order chi connectivity index (χ1) is 20.2. The van der Waals surface area contributed by atoms with Gasteiger partial charge < -0.3 is 20.1 Å². The van der Waals surface area contributed by atoms with Gasteiger partial charge in [-0.15, -0.1) is 0 Å². The number of aromatic nitrogens is 4. The number of halogens is 2. The number of piperidine rings is 1. The van der Waals surface area contributed by atoms with E-state index in [-0.39, 0.29) is 42.0 Å². The molecule has 2 N–H and O–H groups in total. The molecule has 0 radical (unpaired) electrons. The summed E-state index contributed by atoms with van der Waals surface area (Å²) >= 11 is 0. The summed E-state index contributed by atoms with van der Waals surface area (Å²) in [6.45, 7) is 7.62. The van der Waals surface area contributed by atoms with Gasteiger partial charge in [-0.3, -0.25) is 4.98 Å². The van der Waals surface area contributed by atoms with Crippen LogP contribution in [0.15, 0.2) is 48.9 Å². The first-order valence-corrected chi connectivity index (χ1v) is 14.1. The van der Waals surface area contributed by atoms with Crippen LogP contribution in [0.3, 0.4) is 0 Å². The maximum absolute atomic E-state index is 15.1. The summed E-state index contributed by atoms with van der Waals surface area (Å²) in [6.07, 6.45) is 5.77. The number of nitriles is 1. The van der Waals surface area contributed by atoms with Gasteiger partial charge in [0, 0.05) is 55.1 Å². The number of ether oxygens (including phenoxy) is 2. The second kappa shape index (κ2) is 12.9. The molecule has 1 fully saturated rings. The molecular weight excluding hydrogens is 540 g/mol. The minimum absolute atomic E-state index is 0.0546. The molecule has 1 saturated heterocycles. The summed E-state index contributed by atoms with van der Waals surface area (Å²) in [5.74, 6) is -0.647. The van der Waals surface area contributed by atoms with Crippen molar-refractivity contribution in [2.45, 2.75) is 58.5 Å². The topological polar surface area (TPSA) is 115 Å². The molecule has 0 amide bonds. The smallest absolute Gasteiger partial charge is 0.135 e. The largest absolute Gasteiger partial charge is 0.375 e. The Morgan fingerprint density at radius 1 is 1.14 bits per heavy atom. The van der Waals surface area contributed by atoms with E-state index in [0.29, 0.717) is 42.9 Å². The number of nitrogens with zero attached hydrogens (tertiary/aromatic N) is 6. The highest BCUT2D eigenvalue weighted by molar-refractivity contribution is 5.63. The quantitative estimate of drug-likeness (QED) is 0.272. The van der Waals surface area contributed by atoms with Gasteiger partial charge in [-0.2, -0.15) is 10.4 Å². The van der Waals surface area contributed by atoms with Gasteiger partial charge in [0.25, 0.3) is 0 Å². The van der Waals surface area contributed by atoms with E-state index in [1.807, 2.05) is 19.9 Å². The minimum Gasteiger partial charge on any atom is -0.375 e. The van der Waals surface area contributed by atoms with Crippen LogP contribution in [0.4, 0.5) is 14.5 Å². The zero-order chi connectivity index (χ0) is 29.8. The summed E-state index contributed by atoms with van der Waals surface area (Å²) < 4.78 is 43.3. The Kier molecular flexibility index (Phi) is 9.06. The molecule has 0 saturated carbocycles. The summed E-state index contributed by atoms with van der Waals surface area (Å²) in [5, 5.41) is 13.4. The van der Waals surface area contributed by atoms with E-state index in [9.17, 15) is 0 Å². The Morgan fingerprint density at radius 3 is 2.64 bits per heavy atom. The molecule has 4 aromatic rings. The highest BCUT2D eigenvalue weighted by Crippen LogP contribution is 2.30. The van der Waals surface area contributed by atoms with Crippen LogP contribution in [0.25, 0.3) is 16.8 Å². The van der Waals surface area contributed by atoms with E-state index in [4.69, 9.17) is 20.5 Å². The molecule has 220 valence electrons. The third-order valence-corrected chi connectivity index (χ3v) is 7.41. The molecule has 0 unspecified atom stereocenters. The van der Waals surface area contributed by atoms with Crippen LogP contribution in [0.2, 0.25) is 0 Å². The fourth-order valence-corrected chi connectivity index (χ4v) is 5.47. The van der Waals surface area contributed by atoms with Gasteiger partial charge in [-0.05, 0) is 49.7 Å². The van der Waals surface area contributed by atoms with Crippen molar-refractivity contribution in [1.29, 1.82) is 5.26 Å². The summed E-state index contributed by atoms with van der Waals surface area (Å²) in [6, 6.07) is 9.74. The highest BCUT2D eigenvalue weighted by atomic mass is 19.1. The molecule has 0 aliphatic carbocycles. The minimum atomic E-state index is -0.703. The van der Waals surface area contributed by atoms with E-state index < -0.39 is 11.6 Å². The standard InChI is InChI=1S/C31H35F2N7O2/c1-19(2)42-18-21-11-24(32)30(25(33)12-21)27-6-5-23-15-37-29(40(23)38-27)13-22-14-36-9-7-28(22)39-16-20(3)31(26(35)17-39)41-10-4-8-34/h5-7,9,11-12,14-15,19-20,26,31H,4,10,13,16-18,35H2,1-3H3/t20-,26+,31-/m0/s1. The third-order valence-electron chi connectivity index (χ3n) is 7.41. The lowest BCUT2D eigenvalue weighted by atomic mass is 9.91. The Hall–Kier alpha value is -3.98. The van der Waals surface area contributed by atoms with Crippen LogP contribution in [0.5, 0.6) is 0 Å². The predicted molar refractivity (Wildman–Crippen MR) is 155 cm³/mol. The van der Waals surface area contributed by atoms with Crippen LogP contribution in [0.1, 0.15) is 44.1 Å². The molecule has 0 bridgehead atoms. The predicted octanol–water partition coefficient (Wildman–Crippen LogP) is 4.67. The van der Waals surface area contributed by atoms with Crippen molar-refractivity contribution < 1.29 is 18.3 Å². The second-order valence-electron chi connectivity index (χ2n) is 11.0. The van der Waals surface area contributed by atoms with Gasteiger partial charge in [0.1, 0.15) is 17.5 Å². The van der Waals surface area contributed by atoms with Crippen LogP contribution < -0.4 is 10.6 Å². The number of imidazole rings is 1. The van der Waals surface area contributed by atoms with E-state index in [1.165, 1.54) is 12.1 Å². The van der Waals surface area contributed by atoms with Crippen molar-refractivity contribution in [2.24, 2.45) is 11.7 Å². The van der Waals surface area contributed by atoms with Crippen molar-refractivity contribution in [3.63, 3.8) is 0 Å². The van der Waals surface area contributed by atoms with E-state index in [2.05, 4.69) is 33.0 Å². The van der Waals surface area contributed by atoms with Gasteiger partial charge in [0.2, 0.25) is 0 Å². The van der Waals surface area contributed by atoms with Crippen molar-refractivity contribution in [1.82, 2.24) is 19.6 Å². The fraction of sp³-hybridized carbons (Fsp3) is 0.419. The lowest BCUT2D eigenvalue weighted by molar-refractivity contribution is -0.00335. The van der Waals surface area contributed by atoms with Gasteiger partial charge in [0.05, 0.1) is 60.9 Å². The normalized spacial score (nSPS) is 19.0. The molecule has 0 spiro atoms. The van der Waals surface area contributed by atoms with Crippen LogP contribution >= 0.6 is 0 Å². The summed E-state index contributed by atoms with van der Waals surface area (Å²) in [5.41, 5.74) is 9.50. The van der Waals surface area contributed by atoms with Crippen molar-refractivity contribution in [3.8, 4) is 17.3 Å². The SMILES string of the molecule is CC(C)OCc1cc(F)c(-c2ccc3cnc(Cc4cnccc4N4C[C@@H](N)[C@@H](OCCC#N)[C@@H](C)C4)n3n2)c(F)c1. The molecule has 5 rings (SSSR count). The number of rotatable bonds is 10. The molecule has 4 heterocycles. The molecule has 1 aromatic carbocycles. The van der Waals surface area contributed by atoms with E-state index >= 15 is 8.78 Å². The Balaban J connectivity index is 1.40. The average Bonchev–Trinajstić information content (AvgIpc) is 3.35. The Labute approximate surface area is 243 Å². The third kappa shape index (κ3) is 6.41. The number of hydrogen-bond donors (Lipinski definition) is 1. The molecule has 42 heavy (non-hydrogen) atoms. The zero-order valence-electron chi connectivity index (χ0n) is 24.0. The van der Waals surface area contributed by atoms with Gasteiger partial charge >= 0.3 is 0 Å². The highest BCUT2D eigenvalue weighted by Gasteiger charge is 2.34. The zero-order valence-corrected chi connectivity index (χ0v) is 24.0. The second-order valence-corrected chi connectivity index (χ2v) is 11.0. The number of pyridine rings is 1. The van der Waals surface area contributed by atoms with Crippen LogP contribution in [-0.4, -0.2) is 57.5 Å². The lowest BCUT2D eigenvalue weighted by Gasteiger charge is -2.42. The Morgan fingerprint density at radius 2 is 1.93 bits per heavy atom. The molecule has 1 aliphatic heterocycles. The first-order valence-electron chi connectivity index (χ1n) is 14.1. The fourth-order valence-electron chi connectivity index (χ4n) is 5.47.